The molecule has 0 bridgehead atoms. The van der Waals surface area contributed by atoms with Gasteiger partial charge in [-0.25, -0.2) is 21.6 Å². The van der Waals surface area contributed by atoms with Gasteiger partial charge in [0.2, 0.25) is 10.0 Å². The van der Waals surface area contributed by atoms with E-state index in [9.17, 15) is 30.0 Å². The molecule has 6 nitrogen and oxygen atoms in total. The first kappa shape index (κ1) is 16.7. The molecule has 0 radical (unpaired) electrons. The molecule has 1 rings (SSSR count). The zero-order chi connectivity index (χ0) is 15.8. The van der Waals surface area contributed by atoms with Crippen LogP contribution in [0.15, 0.2) is 28.0 Å². The highest BCUT2D eigenvalue weighted by Gasteiger charge is 2.31. The first-order chi connectivity index (χ1) is 8.83. The van der Waals surface area contributed by atoms with Gasteiger partial charge >= 0.3 is 6.18 Å². The second kappa shape index (κ2) is 5.22. The zero-order valence-electron chi connectivity index (χ0n) is 10.1. The molecule has 114 valence electrons. The summed E-state index contributed by atoms with van der Waals surface area (Å²) in [5, 5.41) is 0. The first-order valence-corrected chi connectivity index (χ1v) is 8.36. The van der Waals surface area contributed by atoms with Gasteiger partial charge in [-0.05, 0) is 18.2 Å². The maximum atomic E-state index is 12.0. The van der Waals surface area contributed by atoms with E-state index in [4.69, 9.17) is 5.73 Å². The number of nitrogen functional groups attached to an aromatic ring is 1. The third kappa shape index (κ3) is 4.35. The summed E-state index contributed by atoms with van der Waals surface area (Å²) in [5.74, 6) is 0. The summed E-state index contributed by atoms with van der Waals surface area (Å²) in [7, 11) is -8.28. The van der Waals surface area contributed by atoms with Gasteiger partial charge < -0.3 is 5.73 Å². The molecular weight excluding hydrogens is 321 g/mol. The molecule has 0 aliphatic heterocycles. The van der Waals surface area contributed by atoms with E-state index in [0.717, 1.165) is 18.4 Å². The standard InChI is InChI=1S/C9H11F3N2O4S2/c1-19(15,16)6-2-3-7(13)8(4-6)20(17,18)14-5-9(10,11)12/h2-4,14H,5,13H2,1H3. The number of alkyl halides is 3. The number of sulfonamides is 1. The van der Waals surface area contributed by atoms with E-state index in [1.165, 1.54) is 4.72 Å². The van der Waals surface area contributed by atoms with Crippen LogP contribution in [-0.2, 0) is 19.9 Å². The van der Waals surface area contributed by atoms with Crippen molar-refractivity contribution in [3.63, 3.8) is 0 Å². The van der Waals surface area contributed by atoms with Crippen LogP contribution in [0.25, 0.3) is 0 Å². The van der Waals surface area contributed by atoms with Crippen molar-refractivity contribution in [1.29, 1.82) is 0 Å². The van der Waals surface area contributed by atoms with Crippen LogP contribution >= 0.6 is 0 Å². The van der Waals surface area contributed by atoms with E-state index in [1.807, 2.05) is 0 Å². The number of hydrogen-bond donors (Lipinski definition) is 2. The summed E-state index contributed by atoms with van der Waals surface area (Å²) in [5.41, 5.74) is 5.01. The lowest BCUT2D eigenvalue weighted by molar-refractivity contribution is -0.121. The maximum Gasteiger partial charge on any atom is 0.402 e. The van der Waals surface area contributed by atoms with Gasteiger partial charge in [0.25, 0.3) is 0 Å². The summed E-state index contributed by atoms with van der Waals surface area (Å²) in [4.78, 5) is -1.08. The maximum absolute atomic E-state index is 12.0. The molecule has 0 fully saturated rings. The molecule has 0 aliphatic rings. The zero-order valence-corrected chi connectivity index (χ0v) is 11.7. The third-order valence-corrected chi connectivity index (χ3v) is 4.73. The van der Waals surface area contributed by atoms with Crippen LogP contribution in [0.2, 0.25) is 0 Å². The van der Waals surface area contributed by atoms with Crippen molar-refractivity contribution in [2.45, 2.75) is 16.0 Å². The monoisotopic (exact) mass is 332 g/mol. The van der Waals surface area contributed by atoms with Gasteiger partial charge in [-0.1, -0.05) is 0 Å². The Morgan fingerprint density at radius 2 is 1.75 bits per heavy atom. The minimum atomic E-state index is -4.74. The highest BCUT2D eigenvalue weighted by atomic mass is 32.2. The number of hydrogen-bond acceptors (Lipinski definition) is 5. The quantitative estimate of drug-likeness (QED) is 0.782. The normalized spacial score (nSPS) is 13.4. The Bertz CT molecular complexity index is 711. The molecule has 1 aromatic carbocycles. The SMILES string of the molecule is CS(=O)(=O)c1ccc(N)c(S(=O)(=O)NCC(F)(F)F)c1. The topological polar surface area (TPSA) is 106 Å². The Hall–Kier alpha value is -1.33. The van der Waals surface area contributed by atoms with Crippen LogP contribution in [0, 0.1) is 0 Å². The summed E-state index contributed by atoms with van der Waals surface area (Å²) >= 11 is 0. The molecule has 0 atom stereocenters. The average molecular weight is 332 g/mol. The number of anilines is 1. The van der Waals surface area contributed by atoms with E-state index in [1.54, 1.807) is 0 Å². The lowest BCUT2D eigenvalue weighted by Crippen LogP contribution is -2.34. The van der Waals surface area contributed by atoms with Crippen LogP contribution in [0.4, 0.5) is 18.9 Å². The fourth-order valence-corrected chi connectivity index (χ4v) is 3.12. The largest absolute Gasteiger partial charge is 0.402 e. The van der Waals surface area contributed by atoms with Gasteiger partial charge in [-0.3, -0.25) is 0 Å². The highest BCUT2D eigenvalue weighted by molar-refractivity contribution is 7.91. The van der Waals surface area contributed by atoms with Gasteiger partial charge in [-0.2, -0.15) is 13.2 Å². The summed E-state index contributed by atoms with van der Waals surface area (Å²) in [6, 6.07) is 2.77. The lowest BCUT2D eigenvalue weighted by Gasteiger charge is -2.11. The van der Waals surface area contributed by atoms with Gasteiger partial charge in [0.15, 0.2) is 9.84 Å². The van der Waals surface area contributed by atoms with E-state index >= 15 is 0 Å². The Morgan fingerprint density at radius 3 is 2.20 bits per heavy atom. The first-order valence-electron chi connectivity index (χ1n) is 4.99. The molecule has 0 saturated carbocycles. The van der Waals surface area contributed by atoms with Crippen LogP contribution in [0.5, 0.6) is 0 Å². The molecule has 0 amide bonds. The Labute approximate surface area is 113 Å². The Balaban J connectivity index is 3.25. The fraction of sp³-hybridized carbons (Fsp3) is 0.333. The van der Waals surface area contributed by atoms with Crippen molar-refractivity contribution >= 4 is 25.5 Å². The smallest absolute Gasteiger partial charge is 0.398 e. The van der Waals surface area contributed by atoms with E-state index in [-0.39, 0.29) is 10.6 Å². The van der Waals surface area contributed by atoms with E-state index < -0.39 is 37.5 Å². The number of nitrogens with two attached hydrogens (primary N) is 1. The summed E-state index contributed by atoms with van der Waals surface area (Å²) in [6.45, 7) is -1.78. The molecule has 0 heterocycles. The summed E-state index contributed by atoms with van der Waals surface area (Å²) < 4.78 is 83.4. The fourth-order valence-electron chi connectivity index (χ4n) is 1.23. The number of benzene rings is 1. The molecule has 0 spiro atoms. The number of sulfone groups is 1. The number of nitrogens with one attached hydrogen (secondary N) is 1. The predicted molar refractivity (Wildman–Crippen MR) is 65.2 cm³/mol. The van der Waals surface area contributed by atoms with Crippen LogP contribution < -0.4 is 10.5 Å². The van der Waals surface area contributed by atoms with Crippen LogP contribution in [-0.4, -0.2) is 35.8 Å². The van der Waals surface area contributed by atoms with Crippen molar-refractivity contribution in [3.05, 3.63) is 18.2 Å². The minimum Gasteiger partial charge on any atom is -0.398 e. The van der Waals surface area contributed by atoms with Gasteiger partial charge in [0.1, 0.15) is 11.4 Å². The second-order valence-electron chi connectivity index (χ2n) is 3.91. The number of rotatable bonds is 4. The molecule has 3 N–H and O–H groups in total. The average Bonchev–Trinajstić information content (AvgIpc) is 2.24. The Morgan fingerprint density at radius 1 is 1.20 bits per heavy atom. The Kier molecular flexibility index (Phi) is 4.36. The molecule has 0 aromatic heterocycles. The summed E-state index contributed by atoms with van der Waals surface area (Å²) in [6.07, 6.45) is -3.91. The predicted octanol–water partition coefficient (Wildman–Crippen LogP) is 0.513. The molecule has 11 heteroatoms. The van der Waals surface area contributed by atoms with Crippen molar-refractivity contribution in [1.82, 2.24) is 4.72 Å². The van der Waals surface area contributed by atoms with Crippen LogP contribution in [0.1, 0.15) is 0 Å². The van der Waals surface area contributed by atoms with Gasteiger partial charge in [-0.15, -0.1) is 0 Å². The van der Waals surface area contributed by atoms with Crippen LogP contribution in [0.3, 0.4) is 0 Å². The lowest BCUT2D eigenvalue weighted by atomic mass is 10.3. The van der Waals surface area contributed by atoms with E-state index in [0.29, 0.717) is 6.07 Å². The van der Waals surface area contributed by atoms with E-state index in [2.05, 4.69) is 0 Å². The molecule has 0 saturated heterocycles. The molecule has 0 aliphatic carbocycles. The second-order valence-corrected chi connectivity index (χ2v) is 7.66. The third-order valence-electron chi connectivity index (χ3n) is 2.17. The molecular formula is C9H11F3N2O4S2. The van der Waals surface area contributed by atoms with Gasteiger partial charge in [0.05, 0.1) is 10.6 Å². The van der Waals surface area contributed by atoms with Gasteiger partial charge in [0, 0.05) is 6.26 Å². The van der Waals surface area contributed by atoms with Crippen molar-refractivity contribution in [2.24, 2.45) is 0 Å². The van der Waals surface area contributed by atoms with Crippen molar-refractivity contribution in [2.75, 3.05) is 18.5 Å². The van der Waals surface area contributed by atoms with Crippen molar-refractivity contribution in [3.8, 4) is 0 Å². The molecule has 1 aromatic rings. The number of halogens is 3. The minimum absolute atomic E-state index is 0.355. The molecule has 0 unspecified atom stereocenters. The van der Waals surface area contributed by atoms with Crippen molar-refractivity contribution < 1.29 is 30.0 Å². The highest BCUT2D eigenvalue weighted by Crippen LogP contribution is 2.23. The molecule has 20 heavy (non-hydrogen) atoms.